The lowest BCUT2D eigenvalue weighted by atomic mass is 9.89. The molecule has 6 heteroatoms. The topological polar surface area (TPSA) is 83.8 Å². The largest absolute Gasteiger partial charge is 0.389 e. The van der Waals surface area contributed by atoms with Crippen molar-refractivity contribution in [3.05, 3.63) is 11.8 Å². The Kier molecular flexibility index (Phi) is 3.73. The fourth-order valence-electron chi connectivity index (χ4n) is 2.16. The van der Waals surface area contributed by atoms with Gasteiger partial charge in [0, 0.05) is 5.92 Å². The molecule has 17 heavy (non-hydrogen) atoms. The molecule has 0 unspecified atom stereocenters. The number of nitrogens with two attached hydrogens (primary N) is 1. The van der Waals surface area contributed by atoms with Crippen molar-refractivity contribution in [2.75, 3.05) is 5.32 Å². The summed E-state index contributed by atoms with van der Waals surface area (Å²) in [6.07, 6.45) is 6.93. The first-order valence-corrected chi connectivity index (χ1v) is 6.23. The second kappa shape index (κ2) is 5.27. The number of amides is 1. The molecule has 1 aliphatic rings. The minimum atomic E-state index is 0.0338. The molecule has 1 fully saturated rings. The lowest BCUT2D eigenvalue weighted by Gasteiger charge is -2.20. The molecule has 92 valence electrons. The molecule has 1 amide bonds. The number of aromatic amines is 1. The fourth-order valence-corrected chi connectivity index (χ4v) is 2.31. The number of rotatable bonds is 3. The van der Waals surface area contributed by atoms with Crippen molar-refractivity contribution < 1.29 is 4.79 Å². The second-order valence-corrected chi connectivity index (χ2v) is 4.79. The normalized spacial score (nSPS) is 16.7. The molecule has 1 aliphatic carbocycles. The average molecular weight is 252 g/mol. The van der Waals surface area contributed by atoms with Crippen LogP contribution in [0.2, 0.25) is 0 Å². The first kappa shape index (κ1) is 12.0. The number of nitrogens with one attached hydrogen (secondary N) is 2. The summed E-state index contributed by atoms with van der Waals surface area (Å²) < 4.78 is 0. The second-order valence-electron chi connectivity index (χ2n) is 4.35. The Morgan fingerprint density at radius 2 is 2.18 bits per heavy atom. The Labute approximate surface area is 105 Å². The van der Waals surface area contributed by atoms with Crippen LogP contribution in [0.5, 0.6) is 0 Å². The molecule has 0 aromatic carbocycles. The summed E-state index contributed by atoms with van der Waals surface area (Å²) in [6, 6.07) is 0. The highest BCUT2D eigenvalue weighted by molar-refractivity contribution is 7.80. The minimum Gasteiger partial charge on any atom is -0.389 e. The molecular formula is C11H16N4OS. The summed E-state index contributed by atoms with van der Waals surface area (Å²) in [5, 5.41) is 9.36. The summed E-state index contributed by atoms with van der Waals surface area (Å²) in [5.41, 5.74) is 6.12. The van der Waals surface area contributed by atoms with Gasteiger partial charge in [-0.3, -0.25) is 9.89 Å². The number of hydrogen-bond donors (Lipinski definition) is 3. The standard InChI is InChI=1S/C11H16N4OS/c12-9(17)8-6-13-15-10(8)14-11(16)7-4-2-1-3-5-7/h6-7H,1-5H2,(H2,12,17)(H2,13,14,15,16). The highest BCUT2D eigenvalue weighted by Gasteiger charge is 2.22. The van der Waals surface area contributed by atoms with Crippen molar-refractivity contribution in [2.45, 2.75) is 32.1 Å². The Morgan fingerprint density at radius 1 is 1.47 bits per heavy atom. The van der Waals surface area contributed by atoms with E-state index in [-0.39, 0.29) is 16.8 Å². The van der Waals surface area contributed by atoms with Gasteiger partial charge in [0.25, 0.3) is 0 Å². The van der Waals surface area contributed by atoms with Crippen molar-refractivity contribution in [1.82, 2.24) is 10.2 Å². The number of thiocarbonyl (C=S) groups is 1. The quantitative estimate of drug-likeness (QED) is 0.713. The van der Waals surface area contributed by atoms with Crippen LogP contribution < -0.4 is 11.1 Å². The first-order valence-electron chi connectivity index (χ1n) is 5.82. The maximum Gasteiger partial charge on any atom is 0.228 e. The molecular weight excluding hydrogens is 236 g/mol. The smallest absolute Gasteiger partial charge is 0.228 e. The van der Waals surface area contributed by atoms with E-state index in [2.05, 4.69) is 15.5 Å². The van der Waals surface area contributed by atoms with Crippen LogP contribution in [0.1, 0.15) is 37.7 Å². The van der Waals surface area contributed by atoms with Gasteiger partial charge >= 0.3 is 0 Å². The van der Waals surface area contributed by atoms with E-state index in [1.807, 2.05) is 0 Å². The number of hydrogen-bond acceptors (Lipinski definition) is 3. The third kappa shape index (κ3) is 2.82. The molecule has 0 radical (unpaired) electrons. The number of carbonyl (C=O) groups is 1. The van der Waals surface area contributed by atoms with Crippen molar-refractivity contribution in [1.29, 1.82) is 0 Å². The summed E-state index contributed by atoms with van der Waals surface area (Å²) in [7, 11) is 0. The minimum absolute atomic E-state index is 0.0338. The Morgan fingerprint density at radius 3 is 2.82 bits per heavy atom. The molecule has 5 nitrogen and oxygen atoms in total. The van der Waals surface area contributed by atoms with Crippen LogP contribution in [0.3, 0.4) is 0 Å². The molecule has 2 rings (SSSR count). The van der Waals surface area contributed by atoms with Crippen molar-refractivity contribution in [2.24, 2.45) is 11.7 Å². The van der Waals surface area contributed by atoms with E-state index in [1.54, 1.807) is 0 Å². The van der Waals surface area contributed by atoms with Crippen molar-refractivity contribution in [3.8, 4) is 0 Å². The monoisotopic (exact) mass is 252 g/mol. The number of aromatic nitrogens is 2. The lowest BCUT2D eigenvalue weighted by molar-refractivity contribution is -0.120. The number of H-pyrrole nitrogens is 1. The zero-order valence-electron chi connectivity index (χ0n) is 9.53. The summed E-state index contributed by atoms with van der Waals surface area (Å²) in [5.74, 6) is 0.644. The highest BCUT2D eigenvalue weighted by Crippen LogP contribution is 2.25. The molecule has 1 aromatic heterocycles. The average Bonchev–Trinajstić information content (AvgIpc) is 2.78. The van der Waals surface area contributed by atoms with E-state index in [4.69, 9.17) is 18.0 Å². The zero-order chi connectivity index (χ0) is 12.3. The van der Waals surface area contributed by atoms with Gasteiger partial charge in [0.15, 0.2) is 0 Å². The zero-order valence-corrected chi connectivity index (χ0v) is 10.3. The third-order valence-electron chi connectivity index (χ3n) is 3.13. The number of anilines is 1. The van der Waals surface area contributed by atoms with Gasteiger partial charge in [0.2, 0.25) is 5.91 Å². The van der Waals surface area contributed by atoms with Gasteiger partial charge in [-0.15, -0.1) is 0 Å². The van der Waals surface area contributed by atoms with Gasteiger partial charge in [0.1, 0.15) is 10.8 Å². The van der Waals surface area contributed by atoms with Gasteiger partial charge in [-0.1, -0.05) is 31.5 Å². The predicted octanol–water partition coefficient (Wildman–Crippen LogP) is 1.56. The van der Waals surface area contributed by atoms with E-state index >= 15 is 0 Å². The SMILES string of the molecule is NC(=S)c1cn[nH]c1NC(=O)C1CCCCC1. The maximum atomic E-state index is 12.0. The summed E-state index contributed by atoms with van der Waals surface area (Å²) in [6.45, 7) is 0. The molecule has 0 saturated heterocycles. The van der Waals surface area contributed by atoms with Gasteiger partial charge in [0.05, 0.1) is 11.8 Å². The summed E-state index contributed by atoms with van der Waals surface area (Å²) in [4.78, 5) is 12.2. The van der Waals surface area contributed by atoms with Gasteiger partial charge in [-0.2, -0.15) is 5.10 Å². The van der Waals surface area contributed by atoms with Crippen LogP contribution >= 0.6 is 12.2 Å². The van der Waals surface area contributed by atoms with Crippen LogP contribution in [-0.4, -0.2) is 21.1 Å². The predicted molar refractivity (Wildman–Crippen MR) is 69.7 cm³/mol. The van der Waals surface area contributed by atoms with Gasteiger partial charge < -0.3 is 11.1 Å². The van der Waals surface area contributed by atoms with Gasteiger partial charge in [-0.25, -0.2) is 0 Å². The Bertz CT molecular complexity index is 423. The highest BCUT2D eigenvalue weighted by atomic mass is 32.1. The first-order chi connectivity index (χ1) is 8.18. The fraction of sp³-hybridized carbons (Fsp3) is 0.545. The van der Waals surface area contributed by atoms with E-state index in [0.29, 0.717) is 11.4 Å². The van der Waals surface area contributed by atoms with E-state index in [9.17, 15) is 4.79 Å². The molecule has 0 atom stereocenters. The van der Waals surface area contributed by atoms with Crippen LogP contribution in [0, 0.1) is 5.92 Å². The van der Waals surface area contributed by atoms with Gasteiger partial charge in [-0.05, 0) is 12.8 Å². The van der Waals surface area contributed by atoms with Crippen LogP contribution in [0.4, 0.5) is 5.82 Å². The molecule has 1 saturated carbocycles. The molecule has 1 aromatic rings. The van der Waals surface area contributed by atoms with E-state index in [1.165, 1.54) is 12.6 Å². The van der Waals surface area contributed by atoms with E-state index in [0.717, 1.165) is 25.7 Å². The van der Waals surface area contributed by atoms with Crippen molar-refractivity contribution in [3.63, 3.8) is 0 Å². The van der Waals surface area contributed by atoms with E-state index < -0.39 is 0 Å². The molecule has 0 bridgehead atoms. The molecule has 4 N–H and O–H groups in total. The van der Waals surface area contributed by atoms with Crippen LogP contribution in [0.15, 0.2) is 6.20 Å². The molecule has 0 spiro atoms. The van der Waals surface area contributed by atoms with Crippen molar-refractivity contribution >= 4 is 28.9 Å². The number of carbonyl (C=O) groups excluding carboxylic acids is 1. The Hall–Kier alpha value is -1.43. The van der Waals surface area contributed by atoms with Crippen LogP contribution in [0.25, 0.3) is 0 Å². The van der Waals surface area contributed by atoms with Crippen LogP contribution in [-0.2, 0) is 4.79 Å². The molecule has 0 aliphatic heterocycles. The maximum absolute atomic E-state index is 12.0. The number of nitrogens with zero attached hydrogens (tertiary/aromatic N) is 1. The Balaban J connectivity index is 2.02. The summed E-state index contributed by atoms with van der Waals surface area (Å²) >= 11 is 4.88. The third-order valence-corrected chi connectivity index (χ3v) is 3.35. The molecule has 1 heterocycles. The lowest BCUT2D eigenvalue weighted by Crippen LogP contribution is -2.26.